The largest absolute Gasteiger partial charge is 0.393 e. The van der Waals surface area contributed by atoms with E-state index in [-0.39, 0.29) is 5.91 Å². The maximum atomic E-state index is 11.5. The van der Waals surface area contributed by atoms with Gasteiger partial charge in [-0.3, -0.25) is 9.48 Å². The quantitative estimate of drug-likeness (QED) is 0.793. The zero-order valence-corrected chi connectivity index (χ0v) is 11.5. The van der Waals surface area contributed by atoms with Gasteiger partial charge in [0, 0.05) is 25.2 Å². The fourth-order valence-electron chi connectivity index (χ4n) is 1.46. The summed E-state index contributed by atoms with van der Waals surface area (Å²) in [6, 6.07) is 0. The van der Waals surface area contributed by atoms with Gasteiger partial charge in [0.2, 0.25) is 5.91 Å². The van der Waals surface area contributed by atoms with Crippen molar-refractivity contribution in [2.75, 3.05) is 6.54 Å². The van der Waals surface area contributed by atoms with Crippen LogP contribution >= 0.6 is 11.6 Å². The van der Waals surface area contributed by atoms with Crippen molar-refractivity contribution >= 4 is 23.6 Å². The first-order valence-electron chi connectivity index (χ1n) is 5.75. The lowest BCUT2D eigenvalue weighted by Gasteiger charge is -2.03. The molecule has 0 saturated heterocycles. The Morgan fingerprint density at radius 1 is 1.67 bits per heavy atom. The van der Waals surface area contributed by atoms with E-state index in [1.165, 1.54) is 6.08 Å². The molecule has 0 fully saturated rings. The van der Waals surface area contributed by atoms with Crippen LogP contribution in [0.15, 0.2) is 6.08 Å². The SMILES string of the molecule is Cc1nn(C)c(Cl)c1C=CC(=O)NCCC(C)O. The number of amides is 1. The van der Waals surface area contributed by atoms with Crippen molar-refractivity contribution in [2.24, 2.45) is 7.05 Å². The Balaban J connectivity index is 2.56. The monoisotopic (exact) mass is 271 g/mol. The number of carbonyl (C=O) groups excluding carboxylic acids is 1. The van der Waals surface area contributed by atoms with Gasteiger partial charge < -0.3 is 10.4 Å². The second-order valence-corrected chi connectivity index (χ2v) is 4.53. The van der Waals surface area contributed by atoms with Crippen molar-refractivity contribution in [3.63, 3.8) is 0 Å². The topological polar surface area (TPSA) is 67.2 Å². The molecule has 18 heavy (non-hydrogen) atoms. The van der Waals surface area contributed by atoms with Crippen LogP contribution in [-0.4, -0.2) is 33.4 Å². The van der Waals surface area contributed by atoms with Crippen LogP contribution in [0.4, 0.5) is 0 Å². The van der Waals surface area contributed by atoms with Crippen molar-refractivity contribution in [2.45, 2.75) is 26.4 Å². The molecule has 0 aromatic carbocycles. The number of aromatic nitrogens is 2. The van der Waals surface area contributed by atoms with E-state index in [2.05, 4.69) is 10.4 Å². The maximum absolute atomic E-state index is 11.5. The lowest BCUT2D eigenvalue weighted by Crippen LogP contribution is -2.24. The van der Waals surface area contributed by atoms with Gasteiger partial charge >= 0.3 is 0 Å². The molecule has 1 atom stereocenters. The summed E-state index contributed by atoms with van der Waals surface area (Å²) in [5, 5.41) is 16.4. The molecule has 1 amide bonds. The normalized spacial score (nSPS) is 12.9. The summed E-state index contributed by atoms with van der Waals surface area (Å²) in [5.41, 5.74) is 1.51. The van der Waals surface area contributed by atoms with E-state index in [1.54, 1.807) is 24.7 Å². The Labute approximate surface area is 111 Å². The van der Waals surface area contributed by atoms with Crippen LogP contribution in [0.2, 0.25) is 5.15 Å². The predicted octanol–water partition coefficient (Wildman–Crippen LogP) is 1.28. The van der Waals surface area contributed by atoms with Gasteiger partial charge in [0.25, 0.3) is 0 Å². The number of aryl methyl sites for hydroxylation is 2. The summed E-state index contributed by atoms with van der Waals surface area (Å²) in [4.78, 5) is 11.5. The van der Waals surface area contributed by atoms with Crippen LogP contribution in [0.25, 0.3) is 6.08 Å². The van der Waals surface area contributed by atoms with Crippen molar-refractivity contribution in [3.8, 4) is 0 Å². The van der Waals surface area contributed by atoms with Crippen molar-refractivity contribution in [3.05, 3.63) is 22.5 Å². The van der Waals surface area contributed by atoms with E-state index in [1.807, 2.05) is 6.92 Å². The third-order valence-corrected chi connectivity index (χ3v) is 2.91. The molecular weight excluding hydrogens is 254 g/mol. The van der Waals surface area contributed by atoms with Gasteiger partial charge in [-0.15, -0.1) is 0 Å². The predicted molar refractivity (Wildman–Crippen MR) is 71.3 cm³/mol. The standard InChI is InChI=1S/C12H18ClN3O2/c1-8(17)6-7-14-11(18)5-4-10-9(2)15-16(3)12(10)13/h4-5,8,17H,6-7H2,1-3H3,(H,14,18). The smallest absolute Gasteiger partial charge is 0.244 e. The Morgan fingerprint density at radius 2 is 2.33 bits per heavy atom. The highest BCUT2D eigenvalue weighted by Crippen LogP contribution is 2.19. The highest BCUT2D eigenvalue weighted by Gasteiger charge is 2.08. The molecule has 100 valence electrons. The Kier molecular flexibility index (Phi) is 5.37. The number of halogens is 1. The molecule has 0 aliphatic rings. The van der Waals surface area contributed by atoms with Crippen LogP contribution < -0.4 is 5.32 Å². The summed E-state index contributed by atoms with van der Waals surface area (Å²) in [6.07, 6.45) is 3.18. The summed E-state index contributed by atoms with van der Waals surface area (Å²) in [7, 11) is 1.75. The van der Waals surface area contributed by atoms with Gasteiger partial charge in [-0.1, -0.05) is 11.6 Å². The fraction of sp³-hybridized carbons (Fsp3) is 0.500. The second-order valence-electron chi connectivity index (χ2n) is 4.18. The highest BCUT2D eigenvalue weighted by molar-refractivity contribution is 6.31. The van der Waals surface area contributed by atoms with Crippen LogP contribution in [0.1, 0.15) is 24.6 Å². The molecular formula is C12H18ClN3O2. The van der Waals surface area contributed by atoms with Crippen molar-refractivity contribution < 1.29 is 9.90 Å². The van der Waals surface area contributed by atoms with Crippen LogP contribution in [-0.2, 0) is 11.8 Å². The first-order chi connectivity index (χ1) is 8.41. The molecule has 2 N–H and O–H groups in total. The number of nitrogens with one attached hydrogen (secondary N) is 1. The molecule has 0 aliphatic carbocycles. The average Bonchev–Trinajstić information content (AvgIpc) is 2.50. The number of hydrogen-bond donors (Lipinski definition) is 2. The number of hydrogen-bond acceptors (Lipinski definition) is 3. The molecule has 1 unspecified atom stereocenters. The van der Waals surface area contributed by atoms with E-state index in [4.69, 9.17) is 16.7 Å². The van der Waals surface area contributed by atoms with Gasteiger partial charge in [0.15, 0.2) is 0 Å². The lowest BCUT2D eigenvalue weighted by atomic mass is 10.2. The first kappa shape index (κ1) is 14.7. The molecule has 0 spiro atoms. The van der Waals surface area contributed by atoms with Gasteiger partial charge in [0.1, 0.15) is 5.15 Å². The molecule has 1 rings (SSSR count). The Bertz CT molecular complexity index is 452. The van der Waals surface area contributed by atoms with Crippen LogP contribution in [0.3, 0.4) is 0 Å². The molecule has 1 heterocycles. The Morgan fingerprint density at radius 3 is 2.83 bits per heavy atom. The summed E-state index contributed by atoms with van der Waals surface area (Å²) in [5.74, 6) is -0.213. The number of rotatable bonds is 5. The highest BCUT2D eigenvalue weighted by atomic mass is 35.5. The van der Waals surface area contributed by atoms with E-state index in [0.29, 0.717) is 18.1 Å². The molecule has 0 bridgehead atoms. The van der Waals surface area contributed by atoms with E-state index < -0.39 is 6.10 Å². The minimum Gasteiger partial charge on any atom is -0.393 e. The molecule has 1 aromatic rings. The minimum absolute atomic E-state index is 0.213. The van der Waals surface area contributed by atoms with Gasteiger partial charge in [-0.2, -0.15) is 5.10 Å². The van der Waals surface area contributed by atoms with Crippen molar-refractivity contribution in [1.82, 2.24) is 15.1 Å². The molecule has 0 aliphatic heterocycles. The minimum atomic E-state index is -0.413. The molecule has 0 saturated carbocycles. The molecule has 6 heteroatoms. The third kappa shape index (κ3) is 4.16. The van der Waals surface area contributed by atoms with Crippen LogP contribution in [0, 0.1) is 6.92 Å². The second kappa shape index (κ2) is 6.56. The number of carbonyl (C=O) groups is 1. The van der Waals surface area contributed by atoms with E-state index >= 15 is 0 Å². The molecule has 0 radical (unpaired) electrons. The van der Waals surface area contributed by atoms with Gasteiger partial charge in [0.05, 0.1) is 11.8 Å². The molecule has 1 aromatic heterocycles. The van der Waals surface area contributed by atoms with Crippen LogP contribution in [0.5, 0.6) is 0 Å². The third-order valence-electron chi connectivity index (χ3n) is 2.46. The zero-order valence-electron chi connectivity index (χ0n) is 10.8. The van der Waals surface area contributed by atoms with Gasteiger partial charge in [-0.05, 0) is 26.3 Å². The average molecular weight is 272 g/mol. The Hall–Kier alpha value is -1.33. The lowest BCUT2D eigenvalue weighted by molar-refractivity contribution is -0.116. The first-order valence-corrected chi connectivity index (χ1v) is 6.12. The molecule has 5 nitrogen and oxygen atoms in total. The zero-order chi connectivity index (χ0) is 13.7. The number of aliphatic hydroxyl groups is 1. The number of aliphatic hydroxyl groups excluding tert-OH is 1. The van der Waals surface area contributed by atoms with E-state index in [0.717, 1.165) is 11.3 Å². The fourth-order valence-corrected chi connectivity index (χ4v) is 1.70. The summed E-state index contributed by atoms with van der Waals surface area (Å²) < 4.78 is 1.56. The number of nitrogens with zero attached hydrogens (tertiary/aromatic N) is 2. The summed E-state index contributed by atoms with van der Waals surface area (Å²) >= 11 is 6.03. The summed E-state index contributed by atoms with van der Waals surface area (Å²) in [6.45, 7) is 3.96. The maximum Gasteiger partial charge on any atom is 0.244 e. The van der Waals surface area contributed by atoms with Crippen molar-refractivity contribution in [1.29, 1.82) is 0 Å². The van der Waals surface area contributed by atoms with Gasteiger partial charge in [-0.25, -0.2) is 0 Å². The van der Waals surface area contributed by atoms with E-state index in [9.17, 15) is 4.79 Å².